The van der Waals surface area contributed by atoms with Crippen molar-refractivity contribution in [3.05, 3.63) is 47.5 Å². The molecule has 2 rings (SSSR count). The van der Waals surface area contributed by atoms with Gasteiger partial charge < -0.3 is 14.2 Å². The first-order chi connectivity index (χ1) is 13.7. The topological polar surface area (TPSA) is 103 Å². The fraction of sp³-hybridized carbons (Fsp3) is 0.350. The lowest BCUT2D eigenvalue weighted by atomic mass is 10.0. The van der Waals surface area contributed by atoms with Gasteiger partial charge in [0.05, 0.1) is 14.2 Å². The Labute approximate surface area is 171 Å². The van der Waals surface area contributed by atoms with Crippen LogP contribution in [0, 0.1) is 6.92 Å². The lowest BCUT2D eigenvalue weighted by Crippen LogP contribution is -2.43. The van der Waals surface area contributed by atoms with Crippen LogP contribution in [0.2, 0.25) is 0 Å². The number of amides is 1. The van der Waals surface area contributed by atoms with E-state index in [1.165, 1.54) is 26.4 Å². The normalized spacial score (nSPS) is 11.2. The number of benzene rings is 2. The molecule has 2 aromatic rings. The molecule has 0 unspecified atom stereocenters. The number of rotatable bonds is 9. The van der Waals surface area contributed by atoms with E-state index in [1.54, 1.807) is 6.07 Å². The summed E-state index contributed by atoms with van der Waals surface area (Å²) in [6, 6.07) is 10.1. The van der Waals surface area contributed by atoms with Gasteiger partial charge in [-0.25, -0.2) is 8.42 Å². The number of hydrazine groups is 1. The van der Waals surface area contributed by atoms with Gasteiger partial charge in [-0.05, 0) is 42.2 Å². The Morgan fingerprint density at radius 2 is 1.76 bits per heavy atom. The van der Waals surface area contributed by atoms with Crippen LogP contribution >= 0.6 is 0 Å². The molecule has 0 fully saturated rings. The third kappa shape index (κ3) is 5.85. The maximum atomic E-state index is 12.5. The van der Waals surface area contributed by atoms with Crippen molar-refractivity contribution in [1.29, 1.82) is 0 Å². The molecule has 1 amide bonds. The number of hydrogen-bond donors (Lipinski definition) is 2. The highest BCUT2D eigenvalue weighted by atomic mass is 32.2. The third-order valence-electron chi connectivity index (χ3n) is 4.13. The summed E-state index contributed by atoms with van der Waals surface area (Å²) in [5.74, 6) is 0.610. The molecule has 9 heteroatoms. The zero-order valence-electron chi connectivity index (χ0n) is 17.1. The summed E-state index contributed by atoms with van der Waals surface area (Å²) in [4.78, 5) is 14.0. The molecule has 0 saturated heterocycles. The van der Waals surface area contributed by atoms with Crippen LogP contribution in [0.15, 0.2) is 41.3 Å². The summed E-state index contributed by atoms with van der Waals surface area (Å²) in [6.07, 6.45) is 0. The fourth-order valence-electron chi connectivity index (χ4n) is 2.60. The maximum Gasteiger partial charge on any atom is 0.272 e. The van der Waals surface area contributed by atoms with Crippen LogP contribution in [0.5, 0.6) is 17.2 Å². The Bertz CT molecular complexity index is 973. The monoisotopic (exact) mass is 422 g/mol. The molecule has 0 heterocycles. The molecule has 0 aliphatic heterocycles. The highest BCUT2D eigenvalue weighted by Crippen LogP contribution is 2.28. The number of carbonyl (C=O) groups excluding carboxylic acids is 1. The first-order valence-corrected chi connectivity index (χ1v) is 10.4. The summed E-state index contributed by atoms with van der Waals surface area (Å²) in [5, 5.41) is 0. The average Bonchev–Trinajstić information content (AvgIpc) is 2.70. The fourth-order valence-corrected chi connectivity index (χ4v) is 3.64. The quantitative estimate of drug-likeness (QED) is 0.602. The van der Waals surface area contributed by atoms with Gasteiger partial charge in [-0.1, -0.05) is 26.0 Å². The van der Waals surface area contributed by atoms with Gasteiger partial charge in [-0.3, -0.25) is 10.2 Å². The lowest BCUT2D eigenvalue weighted by Gasteiger charge is -2.15. The Morgan fingerprint density at radius 1 is 1.03 bits per heavy atom. The van der Waals surface area contributed by atoms with Crippen LogP contribution in [-0.2, 0) is 14.8 Å². The highest BCUT2D eigenvalue weighted by Gasteiger charge is 2.21. The minimum absolute atomic E-state index is 0.116. The smallest absolute Gasteiger partial charge is 0.272 e. The van der Waals surface area contributed by atoms with Crippen molar-refractivity contribution < 1.29 is 27.4 Å². The van der Waals surface area contributed by atoms with E-state index < -0.39 is 15.9 Å². The van der Waals surface area contributed by atoms with Crippen LogP contribution in [0.4, 0.5) is 0 Å². The van der Waals surface area contributed by atoms with Crippen LogP contribution < -0.4 is 24.5 Å². The van der Waals surface area contributed by atoms with E-state index in [-0.39, 0.29) is 23.2 Å². The SMILES string of the molecule is COc1ccc(OC)c(S(=O)(=O)NNC(=O)COc2cc(C)ccc2C(C)C)c1. The Balaban J connectivity index is 2.05. The molecule has 2 N–H and O–H groups in total. The molecule has 0 saturated carbocycles. The van der Waals surface area contributed by atoms with Gasteiger partial charge in [0.15, 0.2) is 6.61 Å². The van der Waals surface area contributed by atoms with Crippen molar-refractivity contribution in [2.45, 2.75) is 31.6 Å². The average molecular weight is 423 g/mol. The summed E-state index contributed by atoms with van der Waals surface area (Å²) >= 11 is 0. The number of methoxy groups -OCH3 is 2. The molecule has 0 radical (unpaired) electrons. The van der Waals surface area contributed by atoms with E-state index in [4.69, 9.17) is 14.2 Å². The van der Waals surface area contributed by atoms with Crippen molar-refractivity contribution >= 4 is 15.9 Å². The predicted octanol–water partition coefficient (Wildman–Crippen LogP) is 2.52. The zero-order chi connectivity index (χ0) is 21.6. The molecule has 2 aromatic carbocycles. The molecule has 0 aliphatic carbocycles. The van der Waals surface area contributed by atoms with Crippen molar-refractivity contribution in [2.24, 2.45) is 0 Å². The van der Waals surface area contributed by atoms with Gasteiger partial charge in [0.1, 0.15) is 22.1 Å². The third-order valence-corrected chi connectivity index (χ3v) is 5.40. The van der Waals surface area contributed by atoms with Crippen molar-refractivity contribution in [3.8, 4) is 17.2 Å². The van der Waals surface area contributed by atoms with Crippen LogP contribution in [0.25, 0.3) is 0 Å². The van der Waals surface area contributed by atoms with E-state index in [9.17, 15) is 13.2 Å². The van der Waals surface area contributed by atoms with Gasteiger partial charge in [0, 0.05) is 6.07 Å². The minimum atomic E-state index is -4.08. The van der Waals surface area contributed by atoms with Gasteiger partial charge in [-0.15, -0.1) is 4.83 Å². The summed E-state index contributed by atoms with van der Waals surface area (Å²) in [5.41, 5.74) is 4.10. The molecule has 0 aromatic heterocycles. The molecule has 0 aliphatic rings. The Kier molecular flexibility index (Phi) is 7.46. The molecule has 8 nitrogen and oxygen atoms in total. The van der Waals surface area contributed by atoms with Crippen LogP contribution in [0.1, 0.15) is 30.9 Å². The van der Waals surface area contributed by atoms with E-state index in [1.807, 2.05) is 43.8 Å². The molecule has 29 heavy (non-hydrogen) atoms. The highest BCUT2D eigenvalue weighted by molar-refractivity contribution is 7.89. The summed E-state index contributed by atoms with van der Waals surface area (Å²) in [6.45, 7) is 5.62. The number of aryl methyl sites for hydroxylation is 1. The second kappa shape index (κ2) is 9.62. The molecular weight excluding hydrogens is 396 g/mol. The number of nitrogens with one attached hydrogen (secondary N) is 2. The summed E-state index contributed by atoms with van der Waals surface area (Å²) in [7, 11) is -1.32. The minimum Gasteiger partial charge on any atom is -0.497 e. The number of hydrogen-bond acceptors (Lipinski definition) is 6. The van der Waals surface area contributed by atoms with E-state index in [2.05, 4.69) is 5.43 Å². The molecule has 0 atom stereocenters. The van der Waals surface area contributed by atoms with Gasteiger partial charge in [-0.2, -0.15) is 0 Å². The molecular formula is C20H26N2O6S. The number of ether oxygens (including phenoxy) is 3. The Hall–Kier alpha value is -2.78. The Morgan fingerprint density at radius 3 is 2.38 bits per heavy atom. The standard InChI is InChI=1S/C20H26N2O6S/c1-13(2)16-8-6-14(3)10-18(16)28-12-20(23)21-22-29(24,25)19-11-15(26-4)7-9-17(19)27-5/h6-11,13,22H,12H2,1-5H3,(H,21,23). The maximum absolute atomic E-state index is 12.5. The summed E-state index contributed by atoms with van der Waals surface area (Å²) < 4.78 is 40.8. The van der Waals surface area contributed by atoms with Crippen LogP contribution in [-0.4, -0.2) is 35.2 Å². The molecule has 0 bridgehead atoms. The van der Waals surface area contributed by atoms with Gasteiger partial charge in [0.25, 0.3) is 15.9 Å². The van der Waals surface area contributed by atoms with Crippen molar-refractivity contribution in [2.75, 3.05) is 20.8 Å². The van der Waals surface area contributed by atoms with Crippen molar-refractivity contribution in [1.82, 2.24) is 10.3 Å². The zero-order valence-corrected chi connectivity index (χ0v) is 17.9. The predicted molar refractivity (Wildman–Crippen MR) is 109 cm³/mol. The van der Waals surface area contributed by atoms with E-state index in [0.29, 0.717) is 11.5 Å². The van der Waals surface area contributed by atoms with E-state index >= 15 is 0 Å². The molecule has 158 valence electrons. The van der Waals surface area contributed by atoms with Crippen molar-refractivity contribution in [3.63, 3.8) is 0 Å². The first kappa shape index (κ1) is 22.5. The first-order valence-electron chi connectivity index (χ1n) is 8.94. The molecule has 0 spiro atoms. The van der Waals surface area contributed by atoms with Crippen LogP contribution in [0.3, 0.4) is 0 Å². The van der Waals surface area contributed by atoms with Gasteiger partial charge in [0.2, 0.25) is 0 Å². The number of sulfonamides is 1. The van der Waals surface area contributed by atoms with Gasteiger partial charge >= 0.3 is 0 Å². The second-order valence-corrected chi connectivity index (χ2v) is 8.31. The lowest BCUT2D eigenvalue weighted by molar-refractivity contribution is -0.123. The second-order valence-electron chi connectivity index (χ2n) is 6.66. The largest absolute Gasteiger partial charge is 0.497 e. The number of carbonyl (C=O) groups is 1. The van der Waals surface area contributed by atoms with E-state index in [0.717, 1.165) is 11.1 Å².